The van der Waals surface area contributed by atoms with Crippen LogP contribution in [-0.2, 0) is 24.0 Å². The largest absolute Gasteiger partial charge is 0.393 e. The SMILES string of the molecule is CCOOC(C)C(OC(CC(C)(C)O)OC(C)OC)C(C)C(C)O. The maximum atomic E-state index is 10.1. The minimum atomic E-state index is -0.985. The predicted molar refractivity (Wildman–Crippen MR) is 90.1 cm³/mol. The second-order valence-corrected chi connectivity index (χ2v) is 6.79. The quantitative estimate of drug-likeness (QED) is 0.299. The Hall–Kier alpha value is -0.280. The molecule has 0 fully saturated rings. The molecule has 24 heavy (non-hydrogen) atoms. The average Bonchev–Trinajstić information content (AvgIpc) is 2.47. The van der Waals surface area contributed by atoms with Gasteiger partial charge in [0.15, 0.2) is 12.6 Å². The second kappa shape index (κ2) is 11.4. The number of hydrogen-bond donors (Lipinski definition) is 2. The normalized spacial score (nSPS) is 20.2. The van der Waals surface area contributed by atoms with Crippen molar-refractivity contribution in [3.05, 3.63) is 0 Å². The first-order valence-electron chi connectivity index (χ1n) is 8.54. The fraction of sp³-hybridized carbons (Fsp3) is 1.00. The lowest BCUT2D eigenvalue weighted by molar-refractivity contribution is -0.354. The summed E-state index contributed by atoms with van der Waals surface area (Å²) in [6, 6.07) is 0. The van der Waals surface area contributed by atoms with E-state index in [-0.39, 0.29) is 12.3 Å². The molecule has 0 spiro atoms. The van der Waals surface area contributed by atoms with Gasteiger partial charge in [-0.3, -0.25) is 0 Å². The van der Waals surface area contributed by atoms with Crippen molar-refractivity contribution in [1.82, 2.24) is 0 Å². The van der Waals surface area contributed by atoms with Gasteiger partial charge in [-0.05, 0) is 41.5 Å². The molecule has 0 aliphatic rings. The van der Waals surface area contributed by atoms with Crippen molar-refractivity contribution in [2.45, 2.75) is 91.4 Å². The molecule has 0 aromatic heterocycles. The Kier molecular flexibility index (Phi) is 11.2. The van der Waals surface area contributed by atoms with Crippen LogP contribution in [-0.4, -0.2) is 60.4 Å². The molecule has 0 aromatic carbocycles. The number of ether oxygens (including phenoxy) is 3. The number of methoxy groups -OCH3 is 1. The summed E-state index contributed by atoms with van der Waals surface area (Å²) in [7, 11) is 1.53. The van der Waals surface area contributed by atoms with Crippen LogP contribution in [0.5, 0.6) is 0 Å². The first-order valence-corrected chi connectivity index (χ1v) is 8.54. The van der Waals surface area contributed by atoms with E-state index in [2.05, 4.69) is 0 Å². The summed E-state index contributed by atoms with van der Waals surface area (Å²) in [5, 5.41) is 20.1. The maximum absolute atomic E-state index is 10.1. The fourth-order valence-corrected chi connectivity index (χ4v) is 2.15. The van der Waals surface area contributed by atoms with Crippen LogP contribution in [0.4, 0.5) is 0 Å². The van der Waals surface area contributed by atoms with Gasteiger partial charge in [0.25, 0.3) is 0 Å². The molecule has 6 unspecified atom stereocenters. The molecule has 0 rings (SSSR count). The van der Waals surface area contributed by atoms with Crippen molar-refractivity contribution < 1.29 is 34.2 Å². The van der Waals surface area contributed by atoms with Gasteiger partial charge in [-0.1, -0.05) is 6.92 Å². The van der Waals surface area contributed by atoms with Crippen LogP contribution in [0.25, 0.3) is 0 Å². The van der Waals surface area contributed by atoms with Crippen molar-refractivity contribution in [2.75, 3.05) is 13.7 Å². The number of rotatable bonds is 13. The van der Waals surface area contributed by atoms with E-state index in [1.807, 2.05) is 13.8 Å². The Morgan fingerprint density at radius 2 is 1.62 bits per heavy atom. The summed E-state index contributed by atoms with van der Waals surface area (Å²) < 4.78 is 16.9. The van der Waals surface area contributed by atoms with E-state index < -0.39 is 36.5 Å². The van der Waals surface area contributed by atoms with Crippen molar-refractivity contribution in [2.24, 2.45) is 5.92 Å². The van der Waals surface area contributed by atoms with Crippen LogP contribution in [0, 0.1) is 5.92 Å². The molecule has 0 aromatic rings. The molecule has 7 nitrogen and oxygen atoms in total. The number of aliphatic hydroxyl groups is 2. The molecule has 0 heterocycles. The zero-order valence-electron chi connectivity index (χ0n) is 16.3. The molecule has 0 saturated carbocycles. The summed E-state index contributed by atoms with van der Waals surface area (Å²) in [5.74, 6) is -0.230. The third-order valence-corrected chi connectivity index (χ3v) is 3.73. The first-order chi connectivity index (χ1) is 11.0. The van der Waals surface area contributed by atoms with Gasteiger partial charge in [0, 0.05) is 19.4 Å². The Morgan fingerprint density at radius 1 is 1.04 bits per heavy atom. The molecule has 146 valence electrons. The van der Waals surface area contributed by atoms with Crippen LogP contribution in [0.1, 0.15) is 54.9 Å². The molecule has 0 bridgehead atoms. The molecule has 2 N–H and O–H groups in total. The molecule has 0 radical (unpaired) electrons. The van der Waals surface area contributed by atoms with Gasteiger partial charge in [-0.2, -0.15) is 0 Å². The van der Waals surface area contributed by atoms with Gasteiger partial charge < -0.3 is 24.4 Å². The van der Waals surface area contributed by atoms with Gasteiger partial charge in [-0.15, -0.1) is 0 Å². The number of aliphatic hydroxyl groups excluding tert-OH is 1. The zero-order chi connectivity index (χ0) is 18.9. The summed E-state index contributed by atoms with van der Waals surface area (Å²) in [5.41, 5.74) is -0.985. The van der Waals surface area contributed by atoms with Gasteiger partial charge in [-0.25, -0.2) is 9.78 Å². The molecule has 0 aliphatic carbocycles. The lowest BCUT2D eigenvalue weighted by Crippen LogP contribution is -2.44. The Bertz CT molecular complexity index is 317. The number of hydrogen-bond acceptors (Lipinski definition) is 7. The molecule has 0 aliphatic heterocycles. The van der Waals surface area contributed by atoms with Crippen LogP contribution >= 0.6 is 0 Å². The van der Waals surface area contributed by atoms with Crippen molar-refractivity contribution in [1.29, 1.82) is 0 Å². The third kappa shape index (κ3) is 9.88. The summed E-state index contributed by atoms with van der Waals surface area (Å²) in [6.07, 6.45) is -2.51. The molecule has 7 heteroatoms. The van der Waals surface area contributed by atoms with E-state index in [0.29, 0.717) is 6.61 Å². The Labute approximate surface area is 146 Å². The molecule has 6 atom stereocenters. The highest BCUT2D eigenvalue weighted by Crippen LogP contribution is 2.24. The van der Waals surface area contributed by atoms with Gasteiger partial charge >= 0.3 is 0 Å². The highest BCUT2D eigenvalue weighted by atomic mass is 17.2. The van der Waals surface area contributed by atoms with Gasteiger partial charge in [0.05, 0.1) is 24.4 Å². The van der Waals surface area contributed by atoms with E-state index in [1.165, 1.54) is 7.11 Å². The standard InChI is InChI=1S/C17H36O7/c1-9-21-24-13(4)16(11(2)12(3)18)23-15(10-17(6,7)19)22-14(5)20-8/h11-16,18-19H,9-10H2,1-8H3. The maximum Gasteiger partial charge on any atom is 0.163 e. The van der Waals surface area contributed by atoms with Crippen molar-refractivity contribution in [3.8, 4) is 0 Å². The Balaban J connectivity index is 5.16. The average molecular weight is 352 g/mol. The van der Waals surface area contributed by atoms with Crippen molar-refractivity contribution >= 4 is 0 Å². The van der Waals surface area contributed by atoms with E-state index in [4.69, 9.17) is 24.0 Å². The van der Waals surface area contributed by atoms with Gasteiger partial charge in [0.2, 0.25) is 0 Å². The van der Waals surface area contributed by atoms with E-state index in [1.54, 1.807) is 34.6 Å². The monoisotopic (exact) mass is 352 g/mol. The first kappa shape index (κ1) is 23.7. The third-order valence-electron chi connectivity index (χ3n) is 3.73. The molecular weight excluding hydrogens is 316 g/mol. The fourth-order valence-electron chi connectivity index (χ4n) is 2.15. The van der Waals surface area contributed by atoms with Crippen LogP contribution in [0.2, 0.25) is 0 Å². The highest BCUT2D eigenvalue weighted by molar-refractivity contribution is 4.78. The Morgan fingerprint density at radius 3 is 2.04 bits per heavy atom. The topological polar surface area (TPSA) is 86.6 Å². The van der Waals surface area contributed by atoms with Crippen LogP contribution < -0.4 is 0 Å². The highest BCUT2D eigenvalue weighted by Gasteiger charge is 2.34. The van der Waals surface area contributed by atoms with E-state index in [0.717, 1.165) is 0 Å². The minimum absolute atomic E-state index is 0.230. The van der Waals surface area contributed by atoms with Crippen LogP contribution in [0.15, 0.2) is 0 Å². The van der Waals surface area contributed by atoms with E-state index in [9.17, 15) is 10.2 Å². The smallest absolute Gasteiger partial charge is 0.163 e. The van der Waals surface area contributed by atoms with E-state index >= 15 is 0 Å². The molecular formula is C17H36O7. The predicted octanol–water partition coefficient (Wildman–Crippen LogP) is 2.24. The lowest BCUT2D eigenvalue weighted by atomic mass is 9.95. The zero-order valence-corrected chi connectivity index (χ0v) is 16.3. The van der Waals surface area contributed by atoms with Crippen molar-refractivity contribution in [3.63, 3.8) is 0 Å². The van der Waals surface area contributed by atoms with Crippen LogP contribution in [0.3, 0.4) is 0 Å². The molecule has 0 amide bonds. The lowest BCUT2D eigenvalue weighted by Gasteiger charge is -2.35. The summed E-state index contributed by atoms with van der Waals surface area (Å²) in [6.45, 7) is 12.7. The molecule has 0 saturated heterocycles. The minimum Gasteiger partial charge on any atom is -0.393 e. The summed E-state index contributed by atoms with van der Waals surface area (Å²) >= 11 is 0. The second-order valence-electron chi connectivity index (χ2n) is 6.79. The van der Waals surface area contributed by atoms with Gasteiger partial charge in [0.1, 0.15) is 6.10 Å². The summed E-state index contributed by atoms with van der Waals surface area (Å²) in [4.78, 5) is 10.3.